The molecule has 1 amide bonds. The molecule has 8 heteroatoms. The van der Waals surface area contributed by atoms with E-state index in [1.54, 1.807) is 13.8 Å². The predicted octanol–water partition coefficient (Wildman–Crippen LogP) is 1.11. The van der Waals surface area contributed by atoms with Crippen molar-refractivity contribution in [2.45, 2.75) is 19.4 Å². The van der Waals surface area contributed by atoms with Crippen LogP contribution in [-0.2, 0) is 0 Å². The zero-order valence-corrected chi connectivity index (χ0v) is 12.3. The van der Waals surface area contributed by atoms with Crippen LogP contribution >= 0.6 is 0 Å². The largest absolute Gasteiger partial charge is 0.493 e. The molecule has 0 atom stereocenters. The third kappa shape index (κ3) is 3.82. The van der Waals surface area contributed by atoms with Gasteiger partial charge in [0.05, 0.1) is 37.4 Å². The van der Waals surface area contributed by atoms with Gasteiger partial charge < -0.3 is 19.9 Å². The monoisotopic (exact) mass is 298 g/mol. The Balaban J connectivity index is 3.33. The van der Waals surface area contributed by atoms with Crippen molar-refractivity contribution in [2.75, 3.05) is 20.8 Å². The van der Waals surface area contributed by atoms with E-state index >= 15 is 0 Å². The lowest BCUT2D eigenvalue weighted by molar-refractivity contribution is -0.385. The topological polar surface area (TPSA) is 111 Å². The number of nitro benzene ring substituents is 1. The van der Waals surface area contributed by atoms with Gasteiger partial charge in [0.25, 0.3) is 11.6 Å². The Kier molecular flexibility index (Phi) is 5.09. The van der Waals surface area contributed by atoms with Crippen LogP contribution < -0.4 is 14.8 Å². The number of nitrogens with zero attached hydrogens (tertiary/aromatic N) is 1. The number of amides is 1. The highest BCUT2D eigenvalue weighted by atomic mass is 16.6. The molecule has 0 radical (unpaired) electrons. The molecule has 21 heavy (non-hydrogen) atoms. The minimum Gasteiger partial charge on any atom is -0.493 e. The number of rotatable bonds is 6. The smallest absolute Gasteiger partial charge is 0.286 e. The molecule has 0 fully saturated rings. The number of nitro groups is 1. The third-order valence-electron chi connectivity index (χ3n) is 2.79. The molecule has 0 spiro atoms. The summed E-state index contributed by atoms with van der Waals surface area (Å²) in [7, 11) is 2.71. The summed E-state index contributed by atoms with van der Waals surface area (Å²) in [6.45, 7) is 2.88. The van der Waals surface area contributed by atoms with Crippen molar-refractivity contribution in [3.8, 4) is 11.5 Å². The molecule has 0 aliphatic heterocycles. The van der Waals surface area contributed by atoms with E-state index < -0.39 is 22.1 Å². The molecule has 1 rings (SSSR count). The maximum absolute atomic E-state index is 12.2. The lowest BCUT2D eigenvalue weighted by atomic mass is 10.0. The number of benzene rings is 1. The lowest BCUT2D eigenvalue weighted by Crippen LogP contribution is -2.46. The van der Waals surface area contributed by atoms with E-state index in [0.717, 1.165) is 6.07 Å². The van der Waals surface area contributed by atoms with Crippen molar-refractivity contribution < 1.29 is 24.3 Å². The molecule has 1 aromatic rings. The molecule has 0 heterocycles. The van der Waals surface area contributed by atoms with Crippen molar-refractivity contribution in [1.82, 2.24) is 5.32 Å². The van der Waals surface area contributed by atoms with Crippen LogP contribution in [0.15, 0.2) is 12.1 Å². The highest BCUT2D eigenvalue weighted by Gasteiger charge is 2.28. The van der Waals surface area contributed by atoms with Crippen LogP contribution in [0, 0.1) is 10.1 Å². The average molecular weight is 298 g/mol. The lowest BCUT2D eigenvalue weighted by Gasteiger charge is -2.23. The summed E-state index contributed by atoms with van der Waals surface area (Å²) in [5.41, 5.74) is -1.48. The Morgan fingerprint density at radius 3 is 2.29 bits per heavy atom. The van der Waals surface area contributed by atoms with Gasteiger partial charge in [-0.15, -0.1) is 0 Å². The fraction of sp³-hybridized carbons (Fsp3) is 0.462. The zero-order chi connectivity index (χ0) is 16.2. The second-order valence-electron chi connectivity index (χ2n) is 4.98. The van der Waals surface area contributed by atoms with E-state index in [1.807, 2.05) is 0 Å². The van der Waals surface area contributed by atoms with Crippen LogP contribution in [0.1, 0.15) is 24.2 Å². The van der Waals surface area contributed by atoms with Gasteiger partial charge in [-0.3, -0.25) is 14.9 Å². The number of aliphatic hydroxyl groups is 1. The fourth-order valence-corrected chi connectivity index (χ4v) is 1.62. The van der Waals surface area contributed by atoms with E-state index in [9.17, 15) is 14.9 Å². The van der Waals surface area contributed by atoms with Gasteiger partial charge in [-0.05, 0) is 13.8 Å². The quantitative estimate of drug-likeness (QED) is 0.601. The van der Waals surface area contributed by atoms with E-state index in [1.165, 1.54) is 20.3 Å². The number of hydrogen-bond donors (Lipinski definition) is 2. The second kappa shape index (κ2) is 6.40. The molecule has 1 aromatic carbocycles. The molecule has 8 nitrogen and oxygen atoms in total. The number of hydrogen-bond acceptors (Lipinski definition) is 6. The first kappa shape index (κ1) is 16.7. The number of aliphatic hydroxyl groups excluding tert-OH is 1. The summed E-state index contributed by atoms with van der Waals surface area (Å²) in [6.07, 6.45) is 0. The van der Waals surface area contributed by atoms with Crippen LogP contribution in [0.25, 0.3) is 0 Å². The normalized spacial score (nSPS) is 10.9. The Labute approximate surface area is 121 Å². The highest BCUT2D eigenvalue weighted by molar-refractivity contribution is 5.99. The summed E-state index contributed by atoms with van der Waals surface area (Å²) in [5.74, 6) is -0.320. The van der Waals surface area contributed by atoms with Gasteiger partial charge >= 0.3 is 0 Å². The SMILES string of the molecule is COc1cc(C(=O)NC(C)(C)CO)c([N+](=O)[O-])cc1OC. The van der Waals surface area contributed by atoms with Crippen molar-refractivity contribution >= 4 is 11.6 Å². The molecule has 0 bridgehead atoms. The Morgan fingerprint density at radius 1 is 1.33 bits per heavy atom. The summed E-state index contributed by atoms with van der Waals surface area (Å²) < 4.78 is 10.0. The van der Waals surface area contributed by atoms with Gasteiger partial charge in [0, 0.05) is 6.07 Å². The molecule has 0 aliphatic carbocycles. The third-order valence-corrected chi connectivity index (χ3v) is 2.79. The standard InChI is InChI=1S/C13H18N2O6/c1-13(2,7-16)14-12(17)8-5-10(20-3)11(21-4)6-9(8)15(18)19/h5-6,16H,7H2,1-4H3,(H,14,17). The molecule has 0 saturated heterocycles. The van der Waals surface area contributed by atoms with Gasteiger partial charge in [-0.1, -0.05) is 0 Å². The summed E-state index contributed by atoms with van der Waals surface area (Å²) in [6, 6.07) is 2.36. The molecular formula is C13H18N2O6. The predicted molar refractivity (Wildman–Crippen MR) is 74.8 cm³/mol. The van der Waals surface area contributed by atoms with Crippen molar-refractivity contribution in [3.63, 3.8) is 0 Å². The molecule has 0 saturated carbocycles. The minimum absolute atomic E-state index is 0.155. The Hall–Kier alpha value is -2.35. The number of nitrogens with one attached hydrogen (secondary N) is 1. The first-order chi connectivity index (χ1) is 9.75. The molecule has 2 N–H and O–H groups in total. The van der Waals surface area contributed by atoms with E-state index in [4.69, 9.17) is 14.6 Å². The first-order valence-electron chi connectivity index (χ1n) is 6.09. The van der Waals surface area contributed by atoms with Crippen LogP contribution in [0.2, 0.25) is 0 Å². The van der Waals surface area contributed by atoms with Crippen LogP contribution in [0.4, 0.5) is 5.69 Å². The van der Waals surface area contributed by atoms with Gasteiger partial charge in [-0.25, -0.2) is 0 Å². The number of carbonyl (C=O) groups excluding carboxylic acids is 1. The van der Waals surface area contributed by atoms with E-state index in [-0.39, 0.29) is 23.7 Å². The molecule has 116 valence electrons. The summed E-state index contributed by atoms with van der Waals surface area (Å²) >= 11 is 0. The van der Waals surface area contributed by atoms with Crippen LogP contribution in [-0.4, -0.2) is 42.3 Å². The average Bonchev–Trinajstić information content (AvgIpc) is 2.45. The van der Waals surface area contributed by atoms with E-state index in [0.29, 0.717) is 0 Å². The van der Waals surface area contributed by atoms with Gasteiger partial charge in [-0.2, -0.15) is 0 Å². The number of ether oxygens (including phenoxy) is 2. The van der Waals surface area contributed by atoms with Crippen molar-refractivity contribution in [1.29, 1.82) is 0 Å². The van der Waals surface area contributed by atoms with E-state index in [2.05, 4.69) is 5.32 Å². The number of carbonyl (C=O) groups is 1. The minimum atomic E-state index is -0.905. The zero-order valence-electron chi connectivity index (χ0n) is 12.3. The molecular weight excluding hydrogens is 280 g/mol. The molecule has 0 unspecified atom stereocenters. The van der Waals surface area contributed by atoms with Crippen LogP contribution in [0.3, 0.4) is 0 Å². The van der Waals surface area contributed by atoms with Crippen molar-refractivity contribution in [3.05, 3.63) is 27.8 Å². The summed E-state index contributed by atoms with van der Waals surface area (Å²) in [5, 5.41) is 22.8. The molecule has 0 aliphatic rings. The Morgan fingerprint density at radius 2 is 1.86 bits per heavy atom. The van der Waals surface area contributed by atoms with Crippen LogP contribution in [0.5, 0.6) is 11.5 Å². The maximum Gasteiger partial charge on any atom is 0.286 e. The fourth-order valence-electron chi connectivity index (χ4n) is 1.62. The summed E-state index contributed by atoms with van der Waals surface area (Å²) in [4.78, 5) is 22.6. The maximum atomic E-state index is 12.2. The van der Waals surface area contributed by atoms with Gasteiger partial charge in [0.2, 0.25) is 0 Å². The number of methoxy groups -OCH3 is 2. The van der Waals surface area contributed by atoms with Crippen molar-refractivity contribution in [2.24, 2.45) is 0 Å². The second-order valence-corrected chi connectivity index (χ2v) is 4.98. The first-order valence-corrected chi connectivity index (χ1v) is 6.09. The Bertz CT molecular complexity index is 556. The van der Waals surface area contributed by atoms with Gasteiger partial charge in [0.1, 0.15) is 5.56 Å². The van der Waals surface area contributed by atoms with Gasteiger partial charge in [0.15, 0.2) is 11.5 Å². The molecule has 0 aromatic heterocycles. The highest BCUT2D eigenvalue weighted by Crippen LogP contribution is 2.34.